The van der Waals surface area contributed by atoms with E-state index >= 15 is 0 Å². The number of hydrogen-bond donors (Lipinski definition) is 0. The lowest BCUT2D eigenvalue weighted by Gasteiger charge is -2.12. The van der Waals surface area contributed by atoms with Crippen LogP contribution in [0.3, 0.4) is 0 Å². The topological polar surface area (TPSA) is 56.7 Å². The maximum atomic E-state index is 6.56. The lowest BCUT2D eigenvalue weighted by atomic mass is 9.97. The molecule has 5 aromatic heterocycles. The first kappa shape index (κ1) is 35.8. The summed E-state index contributed by atoms with van der Waals surface area (Å²) in [6.45, 7) is 0. The van der Waals surface area contributed by atoms with Gasteiger partial charge >= 0.3 is 0 Å². The van der Waals surface area contributed by atoms with Crippen LogP contribution in [-0.4, -0.2) is 19.5 Å². The predicted octanol–water partition coefficient (Wildman–Crippen LogP) is 16.3. The summed E-state index contributed by atoms with van der Waals surface area (Å²) in [4.78, 5) is 15.8. The number of hydrogen-bond acceptors (Lipinski definition) is 6. The molecular weight excluding hydrogens is 821 g/mol. The fraction of sp³-hybridized carbons (Fsp3) is 0.0351. The number of allylic oxidation sites excluding steroid dienone is 4. The Morgan fingerprint density at radius 2 is 1.16 bits per heavy atom. The molecule has 300 valence electrons. The fourth-order valence-corrected chi connectivity index (χ4v) is 12.4. The minimum atomic E-state index is 0.682. The van der Waals surface area contributed by atoms with E-state index in [4.69, 9.17) is 19.4 Å². The van der Waals surface area contributed by atoms with Crippen LogP contribution in [-0.2, 0) is 0 Å². The van der Waals surface area contributed by atoms with Crippen molar-refractivity contribution < 1.29 is 4.42 Å². The van der Waals surface area contributed by atoms with Gasteiger partial charge in [-0.1, -0.05) is 121 Å². The van der Waals surface area contributed by atoms with Gasteiger partial charge in [0.15, 0.2) is 17.5 Å². The summed E-state index contributed by atoms with van der Waals surface area (Å²) in [5.74, 6) is 2.08. The zero-order valence-corrected chi connectivity index (χ0v) is 35.9. The van der Waals surface area contributed by atoms with Crippen LogP contribution in [0.1, 0.15) is 18.7 Å². The van der Waals surface area contributed by atoms with Crippen LogP contribution >= 0.6 is 22.7 Å². The highest BCUT2D eigenvalue weighted by Crippen LogP contribution is 2.45. The van der Waals surface area contributed by atoms with E-state index in [0.717, 1.165) is 73.7 Å². The van der Waals surface area contributed by atoms with Gasteiger partial charge in [0.05, 0.1) is 11.0 Å². The number of fused-ring (bicyclic) bond motifs is 12. The molecule has 8 aromatic carbocycles. The van der Waals surface area contributed by atoms with Crippen molar-refractivity contribution in [3.8, 4) is 39.6 Å². The van der Waals surface area contributed by atoms with Crippen molar-refractivity contribution in [3.05, 3.63) is 188 Å². The Morgan fingerprint density at radius 1 is 0.453 bits per heavy atom. The van der Waals surface area contributed by atoms with Gasteiger partial charge in [-0.2, -0.15) is 0 Å². The second-order valence-corrected chi connectivity index (χ2v) is 18.7. The highest BCUT2D eigenvalue weighted by molar-refractivity contribution is 7.26. The van der Waals surface area contributed by atoms with Crippen molar-refractivity contribution in [3.63, 3.8) is 0 Å². The Labute approximate surface area is 374 Å². The molecule has 0 atom stereocenters. The smallest absolute Gasteiger partial charge is 0.165 e. The largest absolute Gasteiger partial charge is 0.456 e. The Morgan fingerprint density at radius 3 is 2.00 bits per heavy atom. The molecule has 0 saturated heterocycles. The van der Waals surface area contributed by atoms with Crippen LogP contribution < -0.4 is 0 Å². The van der Waals surface area contributed by atoms with E-state index in [1.165, 1.54) is 56.8 Å². The first-order valence-electron chi connectivity index (χ1n) is 21.7. The van der Waals surface area contributed by atoms with Gasteiger partial charge in [0.1, 0.15) is 11.2 Å². The predicted molar refractivity (Wildman–Crippen MR) is 270 cm³/mol. The third-order valence-corrected chi connectivity index (χ3v) is 15.2. The number of rotatable bonds is 5. The molecule has 0 radical (unpaired) electrons. The van der Waals surface area contributed by atoms with Crippen molar-refractivity contribution in [2.24, 2.45) is 0 Å². The van der Waals surface area contributed by atoms with Gasteiger partial charge in [0.2, 0.25) is 0 Å². The molecule has 0 saturated carbocycles. The molecule has 0 aliphatic heterocycles. The van der Waals surface area contributed by atoms with Crippen molar-refractivity contribution in [2.45, 2.75) is 12.8 Å². The summed E-state index contributed by atoms with van der Waals surface area (Å²) in [6, 6.07) is 58.9. The van der Waals surface area contributed by atoms with Gasteiger partial charge in [0.25, 0.3) is 0 Å². The highest BCUT2D eigenvalue weighted by atomic mass is 32.1. The van der Waals surface area contributed by atoms with Gasteiger partial charge in [-0.15, -0.1) is 22.7 Å². The molecule has 13 aromatic rings. The van der Waals surface area contributed by atoms with Crippen molar-refractivity contribution >= 4 is 112 Å². The summed E-state index contributed by atoms with van der Waals surface area (Å²) in [6.07, 6.45) is 8.61. The molecule has 1 aliphatic rings. The van der Waals surface area contributed by atoms with Gasteiger partial charge < -0.3 is 8.98 Å². The molecule has 1 aliphatic carbocycles. The summed E-state index contributed by atoms with van der Waals surface area (Å²) >= 11 is 3.61. The van der Waals surface area contributed by atoms with Gasteiger partial charge in [0, 0.05) is 84.3 Å². The van der Waals surface area contributed by atoms with Gasteiger partial charge in [-0.05, 0) is 84.6 Å². The normalized spacial score (nSPS) is 13.2. The quantitative estimate of drug-likeness (QED) is 0.173. The fourth-order valence-electron chi connectivity index (χ4n) is 10.0. The summed E-state index contributed by atoms with van der Waals surface area (Å²) in [5.41, 5.74) is 10.6. The standard InChI is InChI=1S/C57H34N4OS2/c1-2-13-33(14-3-1)55-58-56(60-57(59-55)43-21-10-19-40-39-17-6-9-25-49(39)64-54(40)43)42-20-12-26-50-53(42)41-29-27-34(31-51(41)63-50)36-18-11-24-48-52(36)44-32-35(28-30-47(44)62-48)61-45-22-7-4-15-37(45)38-16-5-8-23-46(38)61/h2,4-32H,1,3H2. The van der Waals surface area contributed by atoms with E-state index in [2.05, 4.69) is 187 Å². The molecule has 5 heterocycles. The molecule has 0 spiro atoms. The van der Waals surface area contributed by atoms with Crippen molar-refractivity contribution in [2.75, 3.05) is 0 Å². The van der Waals surface area contributed by atoms with E-state index < -0.39 is 0 Å². The van der Waals surface area contributed by atoms with E-state index in [0.29, 0.717) is 17.5 Å². The molecule has 0 amide bonds. The van der Waals surface area contributed by atoms with Crippen LogP contribution in [0.15, 0.2) is 186 Å². The Balaban J connectivity index is 0.931. The second kappa shape index (κ2) is 13.9. The monoisotopic (exact) mass is 854 g/mol. The third-order valence-electron chi connectivity index (χ3n) is 12.9. The minimum absolute atomic E-state index is 0.682. The number of benzene rings is 8. The molecule has 64 heavy (non-hydrogen) atoms. The Hall–Kier alpha value is -7.71. The average molecular weight is 855 g/mol. The molecule has 7 heteroatoms. The zero-order valence-electron chi connectivity index (χ0n) is 34.2. The molecule has 14 rings (SSSR count). The summed E-state index contributed by atoms with van der Waals surface area (Å²) in [5, 5.41) is 9.53. The number of para-hydroxylation sites is 2. The lowest BCUT2D eigenvalue weighted by molar-refractivity contribution is 0.669. The Bertz CT molecular complexity index is 4110. The molecular formula is C57H34N4OS2. The van der Waals surface area contributed by atoms with Crippen LogP contribution in [0.4, 0.5) is 0 Å². The SMILES string of the molecule is C1=CC(c2nc(-c3cccc4c3sc3ccccc34)nc(-c3cccc4sc5cc(-c6cccc7oc8ccc(-n9c%10ccccc%10c%10ccccc%109)cc8c67)ccc5c34)n2)=CCC1. The number of nitrogens with zero attached hydrogens (tertiary/aromatic N) is 4. The maximum Gasteiger partial charge on any atom is 0.165 e. The maximum absolute atomic E-state index is 6.56. The van der Waals surface area contributed by atoms with Crippen LogP contribution in [0.5, 0.6) is 0 Å². The van der Waals surface area contributed by atoms with Gasteiger partial charge in [-0.3, -0.25) is 0 Å². The molecule has 0 N–H and O–H groups in total. The van der Waals surface area contributed by atoms with E-state index in [-0.39, 0.29) is 0 Å². The van der Waals surface area contributed by atoms with Crippen molar-refractivity contribution in [1.29, 1.82) is 0 Å². The highest BCUT2D eigenvalue weighted by Gasteiger charge is 2.21. The van der Waals surface area contributed by atoms with Crippen LogP contribution in [0.2, 0.25) is 0 Å². The van der Waals surface area contributed by atoms with Crippen LogP contribution in [0.25, 0.3) is 129 Å². The second-order valence-electron chi connectivity index (χ2n) is 16.5. The first-order valence-corrected chi connectivity index (χ1v) is 23.3. The van der Waals surface area contributed by atoms with E-state index in [9.17, 15) is 0 Å². The molecule has 5 nitrogen and oxygen atoms in total. The van der Waals surface area contributed by atoms with Gasteiger partial charge in [-0.25, -0.2) is 15.0 Å². The Kier molecular flexibility index (Phi) is 7.78. The van der Waals surface area contributed by atoms with Crippen LogP contribution in [0, 0.1) is 0 Å². The zero-order chi connectivity index (χ0) is 41.9. The summed E-state index contributed by atoms with van der Waals surface area (Å²) in [7, 11) is 0. The molecule has 0 unspecified atom stereocenters. The lowest BCUT2D eigenvalue weighted by Crippen LogP contribution is -2.03. The van der Waals surface area contributed by atoms with E-state index in [1.54, 1.807) is 11.3 Å². The molecule has 0 bridgehead atoms. The molecule has 0 fully saturated rings. The van der Waals surface area contributed by atoms with E-state index in [1.807, 2.05) is 11.3 Å². The number of thiophene rings is 2. The minimum Gasteiger partial charge on any atom is -0.456 e. The third kappa shape index (κ3) is 5.38. The first-order chi connectivity index (χ1) is 31.7. The summed E-state index contributed by atoms with van der Waals surface area (Å²) < 4.78 is 13.8. The average Bonchev–Trinajstić information content (AvgIpc) is 4.12. The number of aromatic nitrogens is 4. The van der Waals surface area contributed by atoms with Crippen molar-refractivity contribution in [1.82, 2.24) is 19.5 Å². The number of furan rings is 1.